The minimum atomic E-state index is -1.09. The van der Waals surface area contributed by atoms with Crippen molar-refractivity contribution in [3.63, 3.8) is 0 Å². The molecular weight excluding hydrogens is 417 g/mol. The van der Waals surface area contributed by atoms with Gasteiger partial charge in [0.2, 0.25) is 11.7 Å². The molecule has 2 aromatic carbocycles. The Morgan fingerprint density at radius 1 is 1.07 bits per heavy atom. The monoisotopic (exact) mass is 430 g/mol. The van der Waals surface area contributed by atoms with Gasteiger partial charge in [-0.05, 0) is 31.0 Å². The van der Waals surface area contributed by atoms with Crippen molar-refractivity contribution in [3.05, 3.63) is 70.1 Å². The SMILES string of the molecule is O=c1c2cc(F)c(F)cc2nc(SCc2nc(-c3ccccc3F)no2)n1C1CC1. The molecule has 152 valence electrons. The fourth-order valence-electron chi connectivity index (χ4n) is 3.12. The second-order valence-electron chi connectivity index (χ2n) is 6.86. The molecule has 1 fully saturated rings. The van der Waals surface area contributed by atoms with Gasteiger partial charge in [0.05, 0.1) is 22.2 Å². The minimum Gasteiger partial charge on any atom is -0.338 e. The fourth-order valence-corrected chi connectivity index (χ4v) is 4.03. The largest absolute Gasteiger partial charge is 0.338 e. The van der Waals surface area contributed by atoms with E-state index in [9.17, 15) is 18.0 Å². The maximum atomic E-state index is 13.9. The predicted molar refractivity (Wildman–Crippen MR) is 103 cm³/mol. The number of hydrogen-bond acceptors (Lipinski definition) is 6. The summed E-state index contributed by atoms with van der Waals surface area (Å²) < 4.78 is 47.8. The lowest BCUT2D eigenvalue weighted by Crippen LogP contribution is -2.22. The summed E-state index contributed by atoms with van der Waals surface area (Å²) in [6.45, 7) is 0. The molecule has 0 bridgehead atoms. The molecule has 1 aliphatic carbocycles. The molecule has 0 spiro atoms. The molecule has 0 radical (unpaired) electrons. The van der Waals surface area contributed by atoms with E-state index in [-0.39, 0.29) is 40.0 Å². The van der Waals surface area contributed by atoms with Crippen molar-refractivity contribution in [1.82, 2.24) is 19.7 Å². The number of aromatic nitrogens is 4. The maximum absolute atomic E-state index is 13.9. The Labute approximate surface area is 171 Å². The zero-order chi connectivity index (χ0) is 20.8. The van der Waals surface area contributed by atoms with Crippen LogP contribution >= 0.6 is 11.8 Å². The molecule has 1 saturated carbocycles. The van der Waals surface area contributed by atoms with Gasteiger partial charge in [0.1, 0.15) is 5.82 Å². The van der Waals surface area contributed by atoms with Crippen LogP contribution in [0.25, 0.3) is 22.3 Å². The summed E-state index contributed by atoms with van der Waals surface area (Å²) in [4.78, 5) is 21.4. The highest BCUT2D eigenvalue weighted by Gasteiger charge is 2.29. The summed E-state index contributed by atoms with van der Waals surface area (Å²) in [6.07, 6.45) is 1.62. The van der Waals surface area contributed by atoms with Crippen molar-refractivity contribution in [2.45, 2.75) is 29.8 Å². The number of benzene rings is 2. The first-order valence-corrected chi connectivity index (χ1v) is 10.1. The van der Waals surface area contributed by atoms with Crippen LogP contribution in [0.4, 0.5) is 13.2 Å². The summed E-state index contributed by atoms with van der Waals surface area (Å²) in [7, 11) is 0. The molecule has 5 rings (SSSR count). The Bertz CT molecular complexity index is 1330. The van der Waals surface area contributed by atoms with Crippen LogP contribution in [0.3, 0.4) is 0 Å². The summed E-state index contributed by atoms with van der Waals surface area (Å²) >= 11 is 1.17. The van der Waals surface area contributed by atoms with E-state index in [0.717, 1.165) is 25.0 Å². The molecule has 0 amide bonds. The first-order valence-electron chi connectivity index (χ1n) is 9.13. The lowest BCUT2D eigenvalue weighted by Gasteiger charge is -2.11. The van der Waals surface area contributed by atoms with Gasteiger partial charge >= 0.3 is 0 Å². The van der Waals surface area contributed by atoms with Crippen LogP contribution in [0, 0.1) is 17.5 Å². The second kappa shape index (κ2) is 7.28. The normalized spacial score (nSPS) is 13.8. The van der Waals surface area contributed by atoms with Gasteiger partial charge in [-0.25, -0.2) is 18.2 Å². The van der Waals surface area contributed by atoms with E-state index < -0.39 is 23.0 Å². The summed E-state index contributed by atoms with van der Waals surface area (Å²) in [5.74, 6) is -2.11. The number of nitrogens with zero attached hydrogens (tertiary/aromatic N) is 4. The average molecular weight is 430 g/mol. The zero-order valence-corrected chi connectivity index (χ0v) is 16.1. The van der Waals surface area contributed by atoms with Gasteiger partial charge in [0.25, 0.3) is 5.56 Å². The van der Waals surface area contributed by atoms with Crippen LogP contribution in [-0.4, -0.2) is 19.7 Å². The smallest absolute Gasteiger partial charge is 0.262 e. The van der Waals surface area contributed by atoms with Crippen molar-refractivity contribution in [2.75, 3.05) is 0 Å². The first-order chi connectivity index (χ1) is 14.5. The lowest BCUT2D eigenvalue weighted by molar-refractivity contribution is 0.391. The molecule has 0 unspecified atom stereocenters. The highest BCUT2D eigenvalue weighted by molar-refractivity contribution is 7.98. The lowest BCUT2D eigenvalue weighted by atomic mass is 10.2. The quantitative estimate of drug-likeness (QED) is 0.343. The first kappa shape index (κ1) is 18.9. The molecule has 10 heteroatoms. The molecule has 2 heterocycles. The van der Waals surface area contributed by atoms with E-state index in [4.69, 9.17) is 4.52 Å². The van der Waals surface area contributed by atoms with Crippen LogP contribution in [0.15, 0.2) is 50.9 Å². The standard InChI is InChI=1S/C20H13F3N4O2S/c21-13-4-2-1-3-11(13)18-25-17(29-26-18)9-30-20-24-16-8-15(23)14(22)7-12(16)19(28)27(20)10-5-6-10/h1-4,7-8,10H,5-6,9H2. The summed E-state index contributed by atoms with van der Waals surface area (Å²) in [5, 5.41) is 4.18. The third-order valence-corrected chi connectivity index (χ3v) is 5.67. The van der Waals surface area contributed by atoms with Crippen molar-refractivity contribution in [2.24, 2.45) is 0 Å². The minimum absolute atomic E-state index is 0.0262. The van der Waals surface area contributed by atoms with Gasteiger partial charge < -0.3 is 4.52 Å². The van der Waals surface area contributed by atoms with E-state index in [2.05, 4.69) is 15.1 Å². The van der Waals surface area contributed by atoms with E-state index in [1.807, 2.05) is 0 Å². The van der Waals surface area contributed by atoms with Crippen molar-refractivity contribution in [1.29, 1.82) is 0 Å². The number of halogens is 3. The van der Waals surface area contributed by atoms with Gasteiger partial charge in [0, 0.05) is 12.1 Å². The number of thioether (sulfide) groups is 1. The Hall–Kier alpha value is -3.14. The summed E-state index contributed by atoms with van der Waals surface area (Å²) in [5.41, 5.74) is -0.119. The third kappa shape index (κ3) is 3.36. The highest BCUT2D eigenvalue weighted by atomic mass is 32.2. The van der Waals surface area contributed by atoms with Crippen molar-refractivity contribution in [3.8, 4) is 11.4 Å². The fraction of sp³-hybridized carbons (Fsp3) is 0.200. The van der Waals surface area contributed by atoms with Gasteiger partial charge in [-0.15, -0.1) is 0 Å². The molecule has 2 aromatic heterocycles. The Morgan fingerprint density at radius 2 is 1.83 bits per heavy atom. The molecule has 4 aromatic rings. The molecule has 6 nitrogen and oxygen atoms in total. The van der Waals surface area contributed by atoms with Crippen molar-refractivity contribution >= 4 is 22.7 Å². The van der Waals surface area contributed by atoms with Gasteiger partial charge in [0.15, 0.2) is 16.8 Å². The molecule has 0 N–H and O–H groups in total. The van der Waals surface area contributed by atoms with E-state index in [1.165, 1.54) is 22.4 Å². The van der Waals surface area contributed by atoms with E-state index >= 15 is 0 Å². The summed E-state index contributed by atoms with van der Waals surface area (Å²) in [6, 6.07) is 7.84. The highest BCUT2D eigenvalue weighted by Crippen LogP contribution is 2.37. The molecule has 0 saturated heterocycles. The molecule has 30 heavy (non-hydrogen) atoms. The number of rotatable bonds is 5. The van der Waals surface area contributed by atoms with Crippen LogP contribution in [0.5, 0.6) is 0 Å². The molecule has 1 aliphatic rings. The van der Waals surface area contributed by atoms with Crippen LogP contribution in [0.2, 0.25) is 0 Å². The van der Waals surface area contributed by atoms with Crippen LogP contribution < -0.4 is 5.56 Å². The molecule has 0 atom stereocenters. The Morgan fingerprint density at radius 3 is 2.60 bits per heavy atom. The molecule has 0 aliphatic heterocycles. The Kier molecular flexibility index (Phi) is 4.58. The van der Waals surface area contributed by atoms with Crippen molar-refractivity contribution < 1.29 is 17.7 Å². The van der Waals surface area contributed by atoms with Gasteiger partial charge in [-0.1, -0.05) is 29.1 Å². The predicted octanol–water partition coefficient (Wildman–Crippen LogP) is 4.49. The molecular formula is C20H13F3N4O2S. The van der Waals surface area contributed by atoms with Gasteiger partial charge in [-0.3, -0.25) is 9.36 Å². The second-order valence-corrected chi connectivity index (χ2v) is 7.81. The van der Waals surface area contributed by atoms with Gasteiger partial charge in [-0.2, -0.15) is 4.98 Å². The van der Waals surface area contributed by atoms with Crippen LogP contribution in [-0.2, 0) is 5.75 Å². The van der Waals surface area contributed by atoms with Crippen LogP contribution in [0.1, 0.15) is 24.8 Å². The van der Waals surface area contributed by atoms with E-state index in [0.29, 0.717) is 5.16 Å². The zero-order valence-electron chi connectivity index (χ0n) is 15.3. The topological polar surface area (TPSA) is 73.8 Å². The number of hydrogen-bond donors (Lipinski definition) is 0. The number of fused-ring (bicyclic) bond motifs is 1. The average Bonchev–Trinajstić information content (AvgIpc) is 3.45. The van der Waals surface area contributed by atoms with E-state index in [1.54, 1.807) is 18.2 Å². The maximum Gasteiger partial charge on any atom is 0.262 e. The third-order valence-electron chi connectivity index (χ3n) is 4.73. The Balaban J connectivity index is 1.47.